The third-order valence-corrected chi connectivity index (χ3v) is 2.59. The van der Waals surface area contributed by atoms with Crippen molar-refractivity contribution < 1.29 is 14.1 Å². The fraction of sp³-hybridized carbons (Fsp3) is 0.154. The van der Waals surface area contributed by atoms with Crippen LogP contribution in [-0.4, -0.2) is 16.5 Å². The van der Waals surface area contributed by atoms with Gasteiger partial charge in [0.15, 0.2) is 12.7 Å². The molecule has 0 amide bonds. The summed E-state index contributed by atoms with van der Waals surface area (Å²) in [6, 6.07) is 10.0. The number of carbonyl (C=O) groups is 1. The predicted octanol–water partition coefficient (Wildman–Crippen LogP) is 1.93. The van der Waals surface area contributed by atoms with Crippen LogP contribution in [0.15, 0.2) is 48.9 Å². The molecule has 5 heteroatoms. The van der Waals surface area contributed by atoms with Crippen molar-refractivity contribution in [2.75, 3.05) is 5.52 Å². The van der Waals surface area contributed by atoms with Crippen LogP contribution >= 0.6 is 15.9 Å². The summed E-state index contributed by atoms with van der Waals surface area (Å²) in [4.78, 5) is 15.5. The molecule has 1 heterocycles. The highest BCUT2D eigenvalue weighted by molar-refractivity contribution is 9.09. The van der Waals surface area contributed by atoms with Crippen molar-refractivity contribution in [3.63, 3.8) is 0 Å². The minimum Gasteiger partial charge on any atom is -0.449 e. The van der Waals surface area contributed by atoms with Gasteiger partial charge in [0.1, 0.15) is 5.52 Å². The fourth-order valence-electron chi connectivity index (χ4n) is 1.55. The molecule has 1 aromatic carbocycles. The molecule has 0 aliphatic rings. The van der Waals surface area contributed by atoms with Gasteiger partial charge in [-0.15, -0.1) is 0 Å². The first kappa shape index (κ1) is 12.7. The van der Waals surface area contributed by atoms with Gasteiger partial charge < -0.3 is 4.74 Å². The fourth-order valence-corrected chi connectivity index (χ4v) is 1.76. The highest BCUT2D eigenvalue weighted by Crippen LogP contribution is 1.99. The average Bonchev–Trinajstić information content (AvgIpc) is 2.40. The Labute approximate surface area is 113 Å². The van der Waals surface area contributed by atoms with Crippen molar-refractivity contribution in [2.24, 2.45) is 0 Å². The number of halogens is 1. The van der Waals surface area contributed by atoms with Crippen LogP contribution in [-0.2, 0) is 11.3 Å². The zero-order chi connectivity index (χ0) is 12.8. The number of carbonyl (C=O) groups excluding carboxylic acids is 1. The van der Waals surface area contributed by atoms with Crippen molar-refractivity contribution in [1.29, 1.82) is 0 Å². The third-order valence-electron chi connectivity index (χ3n) is 2.36. The Bertz CT molecular complexity index is 532. The lowest BCUT2D eigenvalue weighted by Gasteiger charge is -2.00. The first-order chi connectivity index (χ1) is 8.79. The minimum absolute atomic E-state index is 0.168. The standard InChI is InChI=1S/C13H12BrN2O2/c14-10-18-13(17)12-9-16(7-6-15-12)8-11-4-2-1-3-5-11/h1-7,9H,8,10H2/q+1. The van der Waals surface area contributed by atoms with E-state index < -0.39 is 5.97 Å². The summed E-state index contributed by atoms with van der Waals surface area (Å²) in [5.74, 6) is -0.436. The van der Waals surface area contributed by atoms with Gasteiger partial charge in [-0.05, 0) is 15.9 Å². The van der Waals surface area contributed by atoms with Crippen molar-refractivity contribution in [2.45, 2.75) is 6.54 Å². The summed E-state index contributed by atoms with van der Waals surface area (Å²) >= 11 is 3.04. The Hall–Kier alpha value is -1.75. The molecule has 0 saturated heterocycles. The summed E-state index contributed by atoms with van der Waals surface area (Å²) < 4.78 is 6.73. The van der Waals surface area contributed by atoms with Crippen molar-refractivity contribution in [3.8, 4) is 0 Å². The van der Waals surface area contributed by atoms with Crippen molar-refractivity contribution in [3.05, 3.63) is 60.2 Å². The third kappa shape index (κ3) is 3.37. The Balaban J connectivity index is 2.15. The smallest absolute Gasteiger partial charge is 0.364 e. The molecule has 0 saturated carbocycles. The summed E-state index contributed by atoms with van der Waals surface area (Å²) in [7, 11) is 0. The number of hydrogen-bond donors (Lipinski definition) is 0. The number of rotatable bonds is 4. The molecule has 2 rings (SSSR count). The molecule has 0 aliphatic carbocycles. The highest BCUT2D eigenvalue weighted by Gasteiger charge is 2.13. The highest BCUT2D eigenvalue weighted by atomic mass is 79.9. The Morgan fingerprint density at radius 1 is 1.33 bits per heavy atom. The van der Waals surface area contributed by atoms with Crippen LogP contribution in [0.5, 0.6) is 0 Å². The number of hydrogen-bond acceptors (Lipinski definition) is 3. The molecule has 92 valence electrons. The van der Waals surface area contributed by atoms with Gasteiger partial charge in [0.25, 0.3) is 0 Å². The van der Waals surface area contributed by atoms with Gasteiger partial charge in [-0.1, -0.05) is 30.3 Å². The number of nitrogens with zero attached hydrogens (tertiary/aromatic N) is 2. The van der Waals surface area contributed by atoms with Gasteiger partial charge in [-0.25, -0.2) is 9.78 Å². The summed E-state index contributed by atoms with van der Waals surface area (Å²) in [6.07, 6.45) is 5.09. The maximum atomic E-state index is 11.5. The van der Waals surface area contributed by atoms with E-state index in [4.69, 9.17) is 4.74 Å². The molecule has 0 atom stereocenters. The quantitative estimate of drug-likeness (QED) is 0.492. The monoisotopic (exact) mass is 307 g/mol. The van der Waals surface area contributed by atoms with Crippen LogP contribution in [0.25, 0.3) is 0 Å². The van der Waals surface area contributed by atoms with E-state index >= 15 is 0 Å². The summed E-state index contributed by atoms with van der Waals surface area (Å²) in [5, 5.41) is 0. The largest absolute Gasteiger partial charge is 0.449 e. The molecule has 2 aromatic rings. The Morgan fingerprint density at radius 3 is 2.83 bits per heavy atom. The normalized spacial score (nSPS) is 10.1. The second kappa shape index (κ2) is 6.26. The summed E-state index contributed by atoms with van der Waals surface area (Å²) in [5.41, 5.74) is 1.63. The van der Waals surface area contributed by atoms with Gasteiger partial charge >= 0.3 is 5.97 Å². The first-order valence-corrected chi connectivity index (χ1v) is 6.54. The molecule has 18 heavy (non-hydrogen) atoms. The molecule has 0 bridgehead atoms. The molecule has 0 unspecified atom stereocenters. The number of ether oxygens (including phenoxy) is 1. The average molecular weight is 308 g/mol. The first-order valence-electron chi connectivity index (χ1n) is 5.41. The lowest BCUT2D eigenvalue weighted by molar-refractivity contribution is -0.689. The number of alkyl halides is 1. The van der Waals surface area contributed by atoms with Crippen LogP contribution in [0.3, 0.4) is 0 Å². The van der Waals surface area contributed by atoms with E-state index in [0.717, 1.165) is 5.56 Å². The predicted molar refractivity (Wildman–Crippen MR) is 69.2 cm³/mol. The maximum absolute atomic E-state index is 11.5. The molecule has 0 spiro atoms. The molecular weight excluding hydrogens is 296 g/mol. The Kier molecular flexibility index (Phi) is 4.41. The van der Waals surface area contributed by atoms with Crippen LogP contribution in [0.4, 0.5) is 0 Å². The minimum atomic E-state index is -0.436. The second-order valence-corrected chi connectivity index (χ2v) is 4.10. The van der Waals surface area contributed by atoms with Gasteiger partial charge in [0.2, 0.25) is 11.9 Å². The number of benzene rings is 1. The van der Waals surface area contributed by atoms with Gasteiger partial charge in [-0.3, -0.25) is 0 Å². The van der Waals surface area contributed by atoms with Crippen LogP contribution in [0.1, 0.15) is 16.1 Å². The van der Waals surface area contributed by atoms with Crippen molar-refractivity contribution >= 4 is 21.9 Å². The van der Waals surface area contributed by atoms with E-state index in [1.165, 1.54) is 0 Å². The molecule has 1 aromatic heterocycles. The zero-order valence-electron chi connectivity index (χ0n) is 9.62. The maximum Gasteiger partial charge on any atom is 0.364 e. The molecular formula is C13H12BrN2O2+. The SMILES string of the molecule is O=C(OCBr)c1c[n+](Cc2ccccc2)ccn1. The van der Waals surface area contributed by atoms with E-state index in [1.807, 2.05) is 41.1 Å². The number of esters is 1. The molecule has 0 radical (unpaired) electrons. The van der Waals surface area contributed by atoms with Gasteiger partial charge in [0.05, 0.1) is 6.20 Å². The van der Waals surface area contributed by atoms with Crippen LogP contribution in [0, 0.1) is 0 Å². The summed E-state index contributed by atoms with van der Waals surface area (Å²) in [6.45, 7) is 0.692. The van der Waals surface area contributed by atoms with E-state index in [-0.39, 0.29) is 5.52 Å². The van der Waals surface area contributed by atoms with E-state index in [1.54, 1.807) is 12.4 Å². The van der Waals surface area contributed by atoms with Gasteiger partial charge in [0, 0.05) is 5.56 Å². The Morgan fingerprint density at radius 2 is 2.11 bits per heavy atom. The van der Waals surface area contributed by atoms with E-state index in [0.29, 0.717) is 12.2 Å². The van der Waals surface area contributed by atoms with E-state index in [2.05, 4.69) is 20.9 Å². The number of aromatic nitrogens is 2. The molecule has 0 fully saturated rings. The zero-order valence-corrected chi connectivity index (χ0v) is 11.2. The lowest BCUT2D eigenvalue weighted by atomic mass is 10.2. The second-order valence-electron chi connectivity index (χ2n) is 3.64. The molecule has 4 nitrogen and oxygen atoms in total. The van der Waals surface area contributed by atoms with Crippen molar-refractivity contribution in [1.82, 2.24) is 4.98 Å². The van der Waals surface area contributed by atoms with Gasteiger partial charge in [-0.2, -0.15) is 4.57 Å². The molecule has 0 aliphatic heterocycles. The topological polar surface area (TPSA) is 43.1 Å². The van der Waals surface area contributed by atoms with Crippen LogP contribution < -0.4 is 4.57 Å². The van der Waals surface area contributed by atoms with E-state index in [9.17, 15) is 4.79 Å². The van der Waals surface area contributed by atoms with Crippen LogP contribution in [0.2, 0.25) is 0 Å². The lowest BCUT2D eigenvalue weighted by Crippen LogP contribution is -2.35. The molecule has 0 N–H and O–H groups in total.